The van der Waals surface area contributed by atoms with Crippen molar-refractivity contribution in [2.75, 3.05) is 13.2 Å². The first-order valence-corrected chi connectivity index (χ1v) is 27.5. The van der Waals surface area contributed by atoms with Gasteiger partial charge in [0.25, 0.3) is 0 Å². The van der Waals surface area contributed by atoms with E-state index in [9.17, 15) is 43.5 Å². The van der Waals surface area contributed by atoms with E-state index in [-0.39, 0.29) is 25.9 Å². The average Bonchev–Trinajstić information content (AvgIpc) is 3.31. The van der Waals surface area contributed by atoms with E-state index in [4.69, 9.17) is 19.9 Å². The van der Waals surface area contributed by atoms with Crippen LogP contribution in [-0.4, -0.2) is 130 Å². The van der Waals surface area contributed by atoms with Crippen LogP contribution in [0, 0.1) is 0 Å². The third-order valence-electron chi connectivity index (χ3n) is 12.8. The zero-order chi connectivity index (χ0) is 61.2. The molecule has 0 spiro atoms. The zero-order valence-corrected chi connectivity index (χ0v) is 49.6. The van der Waals surface area contributed by atoms with Gasteiger partial charge in [-0.05, 0) is 119 Å². The number of carboxylic acid groups (broad SMARTS) is 1. The number of nitrogens with one attached hydrogen (secondary N) is 7. The summed E-state index contributed by atoms with van der Waals surface area (Å²) in [5.74, 6) is -6.92. The van der Waals surface area contributed by atoms with Gasteiger partial charge in [-0.3, -0.25) is 33.6 Å². The molecule has 82 heavy (non-hydrogen) atoms. The highest BCUT2D eigenvalue weighted by atomic mass is 16.5. The van der Waals surface area contributed by atoms with Crippen LogP contribution in [0.2, 0.25) is 0 Å². The van der Waals surface area contributed by atoms with E-state index in [1.807, 2.05) is 91.0 Å². The Kier molecular flexibility index (Phi) is 24.1. The summed E-state index contributed by atoms with van der Waals surface area (Å²) in [7, 11) is 0. The number of amides is 7. The Hall–Kier alpha value is -7.52. The summed E-state index contributed by atoms with van der Waals surface area (Å²) < 4.78 is 18.0. The molecular formula is C62H86N8O12. The number of carbonyl (C=O) groups excluding carboxylic acids is 7. The van der Waals surface area contributed by atoms with E-state index in [0.29, 0.717) is 5.56 Å². The van der Waals surface area contributed by atoms with Crippen molar-refractivity contribution in [1.82, 2.24) is 37.2 Å². The lowest BCUT2D eigenvalue weighted by Gasteiger charge is -2.37. The summed E-state index contributed by atoms with van der Waals surface area (Å²) in [5.41, 5.74) is 3.82. The molecule has 0 aliphatic heterocycles. The summed E-state index contributed by atoms with van der Waals surface area (Å²) in [6, 6.07) is 29.9. The Morgan fingerprint density at radius 2 is 0.939 bits per heavy atom. The number of aliphatic carboxylic acids is 1. The fraction of sp³-hybridized carbons (Fsp3) is 0.484. The molecule has 4 aromatic carbocycles. The van der Waals surface area contributed by atoms with Gasteiger partial charge in [0, 0.05) is 12.8 Å². The minimum atomic E-state index is -1.80. The molecule has 4 aromatic rings. The number of carbonyl (C=O) groups is 8. The number of hydrogen-bond donors (Lipinski definition) is 9. The maximum Gasteiger partial charge on any atom is 0.328 e. The number of rotatable bonds is 28. The van der Waals surface area contributed by atoms with Crippen LogP contribution < -0.4 is 43.0 Å². The van der Waals surface area contributed by atoms with Gasteiger partial charge in [0.15, 0.2) is 0 Å². The van der Waals surface area contributed by atoms with Crippen LogP contribution >= 0.6 is 0 Å². The number of benzene rings is 4. The second kappa shape index (κ2) is 29.5. The fourth-order valence-electron chi connectivity index (χ4n) is 8.86. The molecule has 0 aromatic heterocycles. The number of nitrogens with two attached hydrogens (primary N) is 1. The minimum Gasteiger partial charge on any atom is -0.480 e. The van der Waals surface area contributed by atoms with E-state index >= 15 is 0 Å². The summed E-state index contributed by atoms with van der Waals surface area (Å²) in [5, 5.41) is 28.9. The lowest BCUT2D eigenvalue weighted by molar-refractivity contribution is -0.146. The molecule has 0 saturated heterocycles. The average molecular weight is 1140 g/mol. The molecule has 7 atom stereocenters. The summed E-state index contributed by atoms with van der Waals surface area (Å²) in [4.78, 5) is 111. The van der Waals surface area contributed by atoms with Crippen molar-refractivity contribution in [3.8, 4) is 0 Å². The summed E-state index contributed by atoms with van der Waals surface area (Å²) >= 11 is 0. The van der Waals surface area contributed by atoms with Crippen molar-refractivity contribution in [3.05, 3.63) is 144 Å². The molecule has 0 fully saturated rings. The van der Waals surface area contributed by atoms with Gasteiger partial charge in [-0.15, -0.1) is 0 Å². The van der Waals surface area contributed by atoms with Crippen molar-refractivity contribution in [3.63, 3.8) is 0 Å². The third-order valence-corrected chi connectivity index (χ3v) is 12.8. The SMILES string of the molecule is C[C@@H](OC(C)(C)C)[C@H](NC(=O)[C@H](Cc1ccccc1)NC(=O)[C@@H](NC(=O)[C@@H](N)COC(C)(C)C)[C@@H](C)OC(C)(C)C)C(=O)NCC(=O)N[C@@H](CCC(=O)NC(c1ccccc1)(c1ccccc1)c1ccccc1)C(=O)NC(C)(C)C(=O)O. The Morgan fingerprint density at radius 1 is 0.500 bits per heavy atom. The highest BCUT2D eigenvalue weighted by Crippen LogP contribution is 2.37. The van der Waals surface area contributed by atoms with E-state index in [1.165, 1.54) is 13.8 Å². The molecule has 0 aliphatic rings. The second-order valence-electron chi connectivity index (χ2n) is 23.8. The first-order chi connectivity index (χ1) is 38.2. The molecule has 4 rings (SSSR count). The lowest BCUT2D eigenvalue weighted by atomic mass is 9.77. The monoisotopic (exact) mass is 1130 g/mol. The fourth-order valence-corrected chi connectivity index (χ4v) is 8.86. The van der Waals surface area contributed by atoms with Gasteiger partial charge >= 0.3 is 5.97 Å². The first-order valence-electron chi connectivity index (χ1n) is 27.5. The minimum absolute atomic E-state index is 0.0797. The molecule has 0 saturated carbocycles. The van der Waals surface area contributed by atoms with E-state index < -0.39 is 124 Å². The Bertz CT molecular complexity index is 2670. The number of ether oxygens (including phenoxy) is 3. The molecule has 10 N–H and O–H groups in total. The summed E-state index contributed by atoms with van der Waals surface area (Å²) in [6.07, 6.45) is -2.73. The van der Waals surface area contributed by atoms with Crippen LogP contribution in [0.3, 0.4) is 0 Å². The van der Waals surface area contributed by atoms with Crippen LogP contribution in [0.25, 0.3) is 0 Å². The molecular weight excluding hydrogens is 1050 g/mol. The van der Waals surface area contributed by atoms with Crippen molar-refractivity contribution in [2.45, 2.75) is 180 Å². The van der Waals surface area contributed by atoms with E-state index in [2.05, 4.69) is 37.2 Å². The standard InChI is InChI=1S/C62H86N8O12/c1-39(81-59(6,7)8)50(68-53(74)47(36-41-26-18-14-19-27-41)66-56(77)51(40(2)82-60(9,10)11)67-52(73)45(63)38-80-58(3,4)5)55(76)64-37-49(72)65-46(54(75)70-61(12,13)57(78)79)34-35-48(71)69-62(42-28-20-15-21-29-42,43-30-22-16-23-31-43)44-32-24-17-25-33-44/h14-33,39-40,45-47,50-51H,34-38,63H2,1-13H3,(H,64,76)(H,65,72)(H,66,77)(H,67,73)(H,68,74)(H,69,71)(H,70,75)(H,78,79)/t39-,40-,45+,46+,47+,50+,51+/m1/s1. The zero-order valence-electron chi connectivity index (χ0n) is 49.6. The quantitative estimate of drug-likeness (QED) is 0.0349. The molecule has 20 heteroatoms. The first kappa shape index (κ1) is 67.0. The maximum absolute atomic E-state index is 14.7. The van der Waals surface area contributed by atoms with E-state index in [1.54, 1.807) is 106 Å². The second-order valence-corrected chi connectivity index (χ2v) is 23.8. The smallest absolute Gasteiger partial charge is 0.328 e. The lowest BCUT2D eigenvalue weighted by Crippen LogP contribution is -2.63. The highest BCUT2D eigenvalue weighted by Gasteiger charge is 2.40. The predicted octanol–water partition coefficient (Wildman–Crippen LogP) is 4.70. The van der Waals surface area contributed by atoms with Gasteiger partial charge in [-0.25, -0.2) is 4.79 Å². The molecule has 446 valence electrons. The van der Waals surface area contributed by atoms with E-state index in [0.717, 1.165) is 16.7 Å². The third kappa shape index (κ3) is 21.1. The van der Waals surface area contributed by atoms with Crippen molar-refractivity contribution in [2.24, 2.45) is 5.73 Å². The number of hydrogen-bond acceptors (Lipinski definition) is 12. The molecule has 0 heterocycles. The molecule has 0 unspecified atom stereocenters. The van der Waals surface area contributed by atoms with Crippen molar-refractivity contribution < 1.29 is 57.7 Å². The van der Waals surface area contributed by atoms with Gasteiger partial charge < -0.3 is 62.3 Å². The summed E-state index contributed by atoms with van der Waals surface area (Å²) in [6.45, 7) is 20.7. The maximum atomic E-state index is 14.7. The van der Waals surface area contributed by atoms with Crippen molar-refractivity contribution >= 4 is 47.3 Å². The van der Waals surface area contributed by atoms with Crippen LogP contribution in [0.4, 0.5) is 0 Å². The Morgan fingerprint density at radius 3 is 1.38 bits per heavy atom. The van der Waals surface area contributed by atoms with Crippen LogP contribution in [0.1, 0.15) is 125 Å². The van der Waals surface area contributed by atoms with Gasteiger partial charge in [-0.1, -0.05) is 121 Å². The van der Waals surface area contributed by atoms with Gasteiger partial charge in [0.1, 0.15) is 41.3 Å². The normalized spacial score (nSPS) is 14.7. The highest BCUT2D eigenvalue weighted by molar-refractivity contribution is 5.97. The molecule has 0 aliphatic carbocycles. The Balaban J connectivity index is 1.62. The Labute approximate surface area is 482 Å². The van der Waals surface area contributed by atoms with Crippen LogP contribution in [-0.2, 0) is 64.5 Å². The molecule has 7 amide bonds. The van der Waals surface area contributed by atoms with Crippen LogP contribution in [0.15, 0.2) is 121 Å². The topological polar surface area (TPSA) is 295 Å². The largest absolute Gasteiger partial charge is 0.480 e. The molecule has 0 bridgehead atoms. The van der Waals surface area contributed by atoms with Gasteiger partial charge in [0.05, 0.1) is 42.2 Å². The van der Waals surface area contributed by atoms with Crippen LogP contribution in [0.5, 0.6) is 0 Å². The number of carboxylic acids is 1. The molecule has 20 nitrogen and oxygen atoms in total. The van der Waals surface area contributed by atoms with Gasteiger partial charge in [-0.2, -0.15) is 0 Å². The molecule has 0 radical (unpaired) electrons. The van der Waals surface area contributed by atoms with Crippen molar-refractivity contribution in [1.29, 1.82) is 0 Å². The predicted molar refractivity (Wildman–Crippen MR) is 312 cm³/mol. The van der Waals surface area contributed by atoms with Gasteiger partial charge in [0.2, 0.25) is 41.4 Å².